The fourth-order valence-electron chi connectivity index (χ4n) is 2.33. The van der Waals surface area contributed by atoms with Crippen LogP contribution in [0.5, 0.6) is 0 Å². The highest BCUT2D eigenvalue weighted by Gasteiger charge is 2.30. The zero-order chi connectivity index (χ0) is 15.3. The number of nitrogens with one attached hydrogen (secondary N) is 1. The van der Waals surface area contributed by atoms with Crippen LogP contribution in [0.15, 0.2) is 24.3 Å². The van der Waals surface area contributed by atoms with Crippen molar-refractivity contribution in [1.29, 1.82) is 0 Å². The summed E-state index contributed by atoms with van der Waals surface area (Å²) in [7, 11) is 0. The van der Waals surface area contributed by atoms with Crippen LogP contribution in [0.2, 0.25) is 0 Å². The minimum atomic E-state index is -4.33. The average molecular weight is 301 g/mol. The van der Waals surface area contributed by atoms with Crippen LogP contribution in [0.4, 0.5) is 13.2 Å². The van der Waals surface area contributed by atoms with Gasteiger partial charge in [0.25, 0.3) is 0 Å². The summed E-state index contributed by atoms with van der Waals surface area (Å²) in [5.41, 5.74) is -0.0937. The molecule has 0 radical (unpaired) electrons. The Morgan fingerprint density at radius 3 is 2.86 bits per heavy atom. The highest BCUT2D eigenvalue weighted by atomic mass is 19.4. The van der Waals surface area contributed by atoms with Gasteiger partial charge < -0.3 is 10.1 Å². The van der Waals surface area contributed by atoms with E-state index in [1.54, 1.807) is 6.07 Å². The summed E-state index contributed by atoms with van der Waals surface area (Å²) in [4.78, 5) is 11.7. The topological polar surface area (TPSA) is 38.3 Å². The smallest absolute Gasteiger partial charge is 0.381 e. The molecule has 1 N–H and O–H groups in total. The molecule has 1 aliphatic heterocycles. The molecule has 0 saturated carbocycles. The molecule has 116 valence electrons. The molecule has 0 aromatic heterocycles. The largest absolute Gasteiger partial charge is 0.416 e. The molecule has 1 atom stereocenters. The van der Waals surface area contributed by atoms with Crippen LogP contribution in [0.1, 0.15) is 24.0 Å². The van der Waals surface area contributed by atoms with Crippen LogP contribution >= 0.6 is 0 Å². The molecule has 1 fully saturated rings. The van der Waals surface area contributed by atoms with Gasteiger partial charge in [-0.05, 0) is 30.4 Å². The van der Waals surface area contributed by atoms with Gasteiger partial charge in [0, 0.05) is 26.2 Å². The molecule has 0 bridgehead atoms. The molecule has 21 heavy (non-hydrogen) atoms. The number of hydrogen-bond acceptors (Lipinski definition) is 2. The number of rotatable bonds is 5. The van der Waals surface area contributed by atoms with Crippen molar-refractivity contribution in [2.24, 2.45) is 5.92 Å². The Morgan fingerprint density at radius 2 is 2.19 bits per heavy atom. The molecule has 1 amide bonds. The Balaban J connectivity index is 1.76. The lowest BCUT2D eigenvalue weighted by Gasteiger charge is -2.10. The monoisotopic (exact) mass is 301 g/mol. The van der Waals surface area contributed by atoms with Crippen molar-refractivity contribution >= 4 is 5.91 Å². The summed E-state index contributed by atoms with van der Waals surface area (Å²) >= 11 is 0. The predicted molar refractivity (Wildman–Crippen MR) is 71.7 cm³/mol. The summed E-state index contributed by atoms with van der Waals surface area (Å²) in [5.74, 6) is 0.191. The first-order chi connectivity index (χ1) is 9.95. The molecule has 2 rings (SSSR count). The van der Waals surface area contributed by atoms with E-state index < -0.39 is 11.7 Å². The minimum Gasteiger partial charge on any atom is -0.381 e. The van der Waals surface area contributed by atoms with Crippen molar-refractivity contribution in [3.63, 3.8) is 0 Å². The summed E-state index contributed by atoms with van der Waals surface area (Å²) in [6, 6.07) is 5.18. The van der Waals surface area contributed by atoms with Crippen LogP contribution in [0.3, 0.4) is 0 Å². The van der Waals surface area contributed by atoms with E-state index in [1.165, 1.54) is 6.07 Å². The molecule has 0 spiro atoms. The van der Waals surface area contributed by atoms with E-state index in [1.807, 2.05) is 0 Å². The van der Waals surface area contributed by atoms with Gasteiger partial charge in [-0.2, -0.15) is 13.2 Å². The van der Waals surface area contributed by atoms with Gasteiger partial charge in [-0.1, -0.05) is 18.2 Å². The van der Waals surface area contributed by atoms with Crippen LogP contribution in [0, 0.1) is 5.92 Å². The molecule has 6 heteroatoms. The van der Waals surface area contributed by atoms with Crippen LogP contribution in [0.25, 0.3) is 0 Å². The van der Waals surface area contributed by atoms with Crippen LogP contribution < -0.4 is 5.32 Å². The van der Waals surface area contributed by atoms with Gasteiger partial charge in [-0.3, -0.25) is 4.79 Å². The number of ether oxygens (including phenoxy) is 1. The predicted octanol–water partition coefficient (Wildman–Crippen LogP) is 2.79. The molecule has 1 heterocycles. The molecule has 0 unspecified atom stereocenters. The fraction of sp³-hybridized carbons (Fsp3) is 0.533. The maximum atomic E-state index is 12.6. The Labute approximate surface area is 121 Å². The number of alkyl halides is 3. The minimum absolute atomic E-state index is 0.0718. The van der Waals surface area contributed by atoms with E-state index in [4.69, 9.17) is 4.74 Å². The SMILES string of the molecule is O=C(C[C@H]1CCOC1)NCCc1cccc(C(F)(F)F)c1. The highest BCUT2D eigenvalue weighted by Crippen LogP contribution is 2.29. The number of carbonyl (C=O) groups is 1. The second kappa shape index (κ2) is 6.93. The van der Waals surface area contributed by atoms with Gasteiger partial charge in [-0.15, -0.1) is 0 Å². The van der Waals surface area contributed by atoms with E-state index >= 15 is 0 Å². The van der Waals surface area contributed by atoms with E-state index in [0.717, 1.165) is 18.6 Å². The fourth-order valence-corrected chi connectivity index (χ4v) is 2.33. The zero-order valence-electron chi connectivity index (χ0n) is 11.6. The van der Waals surface area contributed by atoms with Gasteiger partial charge in [0.05, 0.1) is 5.56 Å². The molecule has 1 aromatic carbocycles. The quantitative estimate of drug-likeness (QED) is 0.908. The Morgan fingerprint density at radius 1 is 1.38 bits per heavy atom. The number of hydrogen-bond donors (Lipinski definition) is 1. The standard InChI is InChI=1S/C15H18F3NO2/c16-15(17,18)13-3-1-2-11(8-13)4-6-19-14(20)9-12-5-7-21-10-12/h1-3,8,12H,4-7,9-10H2,(H,19,20)/t12-/m1/s1. The first-order valence-corrected chi connectivity index (χ1v) is 6.96. The van der Waals surface area contributed by atoms with E-state index in [-0.39, 0.29) is 11.8 Å². The third-order valence-electron chi connectivity index (χ3n) is 3.49. The summed E-state index contributed by atoms with van der Waals surface area (Å²) in [6.07, 6.45) is -2.64. The normalized spacial score (nSPS) is 18.7. The summed E-state index contributed by atoms with van der Waals surface area (Å²) in [5, 5.41) is 2.74. The molecule has 1 aromatic rings. The number of benzene rings is 1. The van der Waals surface area contributed by atoms with Crippen molar-refractivity contribution in [2.45, 2.75) is 25.4 Å². The highest BCUT2D eigenvalue weighted by molar-refractivity contribution is 5.76. The second-order valence-corrected chi connectivity index (χ2v) is 5.23. The van der Waals surface area contributed by atoms with E-state index in [9.17, 15) is 18.0 Å². The first-order valence-electron chi connectivity index (χ1n) is 6.96. The molecule has 1 aliphatic rings. The number of carbonyl (C=O) groups excluding carboxylic acids is 1. The Kier molecular flexibility index (Phi) is 5.22. The molecular formula is C15H18F3NO2. The Hall–Kier alpha value is -1.56. The third-order valence-corrected chi connectivity index (χ3v) is 3.49. The average Bonchev–Trinajstić information content (AvgIpc) is 2.91. The van der Waals surface area contributed by atoms with Crippen molar-refractivity contribution in [1.82, 2.24) is 5.32 Å². The first kappa shape index (κ1) is 15.8. The van der Waals surface area contributed by atoms with Crippen molar-refractivity contribution < 1.29 is 22.7 Å². The van der Waals surface area contributed by atoms with Crippen LogP contribution in [-0.4, -0.2) is 25.7 Å². The second-order valence-electron chi connectivity index (χ2n) is 5.23. The molecule has 0 aliphatic carbocycles. The van der Waals surface area contributed by atoms with Gasteiger partial charge in [0.1, 0.15) is 0 Å². The van der Waals surface area contributed by atoms with E-state index in [2.05, 4.69) is 5.32 Å². The lowest BCUT2D eigenvalue weighted by atomic mass is 10.0. The van der Waals surface area contributed by atoms with Crippen molar-refractivity contribution in [3.05, 3.63) is 35.4 Å². The van der Waals surface area contributed by atoms with Gasteiger partial charge in [0.2, 0.25) is 5.91 Å². The Bertz CT molecular complexity index is 482. The number of amides is 1. The van der Waals surface area contributed by atoms with Crippen molar-refractivity contribution in [2.75, 3.05) is 19.8 Å². The molecule has 3 nitrogen and oxygen atoms in total. The zero-order valence-corrected chi connectivity index (χ0v) is 11.6. The molecular weight excluding hydrogens is 283 g/mol. The van der Waals surface area contributed by atoms with Gasteiger partial charge in [-0.25, -0.2) is 0 Å². The lowest BCUT2D eigenvalue weighted by Crippen LogP contribution is -2.27. The maximum absolute atomic E-state index is 12.6. The van der Waals surface area contributed by atoms with Crippen molar-refractivity contribution in [3.8, 4) is 0 Å². The third kappa shape index (κ3) is 5.04. The maximum Gasteiger partial charge on any atom is 0.416 e. The number of halogens is 3. The summed E-state index contributed by atoms with van der Waals surface area (Å²) < 4.78 is 42.9. The molecule has 1 saturated heterocycles. The summed E-state index contributed by atoms with van der Waals surface area (Å²) in [6.45, 7) is 1.65. The van der Waals surface area contributed by atoms with Gasteiger partial charge in [0.15, 0.2) is 0 Å². The van der Waals surface area contributed by atoms with Gasteiger partial charge >= 0.3 is 6.18 Å². The van der Waals surface area contributed by atoms with Crippen LogP contribution in [-0.2, 0) is 22.1 Å². The van der Waals surface area contributed by atoms with E-state index in [0.29, 0.717) is 38.2 Å². The lowest BCUT2D eigenvalue weighted by molar-refractivity contribution is -0.137.